The minimum atomic E-state index is -0.447. The van der Waals surface area contributed by atoms with Crippen LogP contribution in [0.15, 0.2) is 65.5 Å². The van der Waals surface area contributed by atoms with E-state index in [1.165, 1.54) is 18.2 Å². The van der Waals surface area contributed by atoms with E-state index >= 15 is 0 Å². The highest BCUT2D eigenvalue weighted by Gasteiger charge is 2.27. The van der Waals surface area contributed by atoms with Gasteiger partial charge in [0.05, 0.1) is 5.69 Å². The van der Waals surface area contributed by atoms with Crippen molar-refractivity contribution in [3.05, 3.63) is 88.1 Å². The number of nitrogens with zero attached hydrogens (tertiary/aromatic N) is 5. The highest BCUT2D eigenvalue weighted by molar-refractivity contribution is 6.05. The molecule has 9 heteroatoms. The lowest BCUT2D eigenvalue weighted by Gasteiger charge is -2.36. The van der Waals surface area contributed by atoms with E-state index < -0.39 is 5.56 Å². The van der Waals surface area contributed by atoms with Gasteiger partial charge in [0, 0.05) is 44.5 Å². The lowest BCUT2D eigenvalue weighted by Crippen LogP contribution is -2.50. The molecular formula is C25H24FN5O3. The highest BCUT2D eigenvalue weighted by atomic mass is 19.1. The summed E-state index contributed by atoms with van der Waals surface area (Å²) in [5, 5.41) is 4.20. The molecule has 1 fully saturated rings. The summed E-state index contributed by atoms with van der Waals surface area (Å²) in [5.74, 6) is -0.858. The van der Waals surface area contributed by atoms with Crippen molar-refractivity contribution in [1.29, 1.82) is 0 Å². The number of halogens is 1. The lowest BCUT2D eigenvalue weighted by molar-refractivity contribution is -0.132. The fraction of sp³-hybridized carbons (Fsp3) is 0.280. The fourth-order valence-corrected chi connectivity index (χ4v) is 4.50. The van der Waals surface area contributed by atoms with Gasteiger partial charge >= 0.3 is 0 Å². The molecule has 2 aliphatic heterocycles. The van der Waals surface area contributed by atoms with Crippen LogP contribution in [0.1, 0.15) is 16.1 Å². The Labute approximate surface area is 195 Å². The maximum absolute atomic E-state index is 14.1. The molecule has 0 atom stereocenters. The SMILES string of the molecule is O=C(Cn1nc(C(=O)N2CCc3ccccc32)ccc1=O)N1CCN(c2ccccc2F)CC1. The summed E-state index contributed by atoms with van der Waals surface area (Å²) in [5.41, 5.74) is 2.12. The van der Waals surface area contributed by atoms with Crippen LogP contribution in [0.2, 0.25) is 0 Å². The van der Waals surface area contributed by atoms with Crippen molar-refractivity contribution in [3.8, 4) is 0 Å². The topological polar surface area (TPSA) is 78.8 Å². The third kappa shape index (κ3) is 4.16. The number of benzene rings is 2. The number of carbonyl (C=O) groups is 2. The minimum absolute atomic E-state index is 0.119. The average molecular weight is 461 g/mol. The highest BCUT2D eigenvalue weighted by Crippen LogP contribution is 2.28. The first-order valence-corrected chi connectivity index (χ1v) is 11.3. The molecule has 5 rings (SSSR count). The van der Waals surface area contributed by atoms with Gasteiger partial charge in [-0.05, 0) is 36.2 Å². The van der Waals surface area contributed by atoms with Gasteiger partial charge in [-0.1, -0.05) is 30.3 Å². The van der Waals surface area contributed by atoms with Gasteiger partial charge in [-0.15, -0.1) is 0 Å². The summed E-state index contributed by atoms with van der Waals surface area (Å²) >= 11 is 0. The van der Waals surface area contributed by atoms with Gasteiger partial charge in [0.2, 0.25) is 5.91 Å². The van der Waals surface area contributed by atoms with Crippen molar-refractivity contribution < 1.29 is 14.0 Å². The molecule has 174 valence electrons. The Hall–Kier alpha value is -4.01. The van der Waals surface area contributed by atoms with E-state index in [1.807, 2.05) is 29.2 Å². The zero-order chi connectivity index (χ0) is 23.7. The zero-order valence-corrected chi connectivity index (χ0v) is 18.6. The second-order valence-electron chi connectivity index (χ2n) is 8.37. The number of aromatic nitrogens is 2. The smallest absolute Gasteiger partial charge is 0.278 e. The van der Waals surface area contributed by atoms with Crippen LogP contribution in [0, 0.1) is 5.82 Å². The van der Waals surface area contributed by atoms with E-state index in [2.05, 4.69) is 5.10 Å². The van der Waals surface area contributed by atoms with Gasteiger partial charge in [0.1, 0.15) is 18.1 Å². The molecule has 0 radical (unpaired) electrons. The van der Waals surface area contributed by atoms with E-state index in [9.17, 15) is 18.8 Å². The maximum Gasteiger partial charge on any atom is 0.278 e. The number of anilines is 2. The molecule has 2 aliphatic rings. The van der Waals surface area contributed by atoms with E-state index in [0.29, 0.717) is 38.4 Å². The molecule has 0 spiro atoms. The molecule has 0 N–H and O–H groups in total. The number of piperazine rings is 1. The first-order chi connectivity index (χ1) is 16.5. The molecule has 0 unspecified atom stereocenters. The average Bonchev–Trinajstić information content (AvgIpc) is 3.29. The van der Waals surface area contributed by atoms with E-state index in [0.717, 1.165) is 22.4 Å². The zero-order valence-electron chi connectivity index (χ0n) is 18.6. The molecule has 3 heterocycles. The predicted octanol–water partition coefficient (Wildman–Crippen LogP) is 1.93. The van der Waals surface area contributed by atoms with Crippen LogP contribution in [0.5, 0.6) is 0 Å². The maximum atomic E-state index is 14.1. The van der Waals surface area contributed by atoms with Crippen molar-refractivity contribution in [2.45, 2.75) is 13.0 Å². The summed E-state index contributed by atoms with van der Waals surface area (Å²) in [6, 6.07) is 16.9. The molecular weight excluding hydrogens is 437 g/mol. The van der Waals surface area contributed by atoms with Crippen molar-refractivity contribution in [3.63, 3.8) is 0 Å². The number of rotatable bonds is 4. The molecule has 0 saturated carbocycles. The Balaban J connectivity index is 1.26. The normalized spacial score (nSPS) is 15.4. The largest absolute Gasteiger partial charge is 0.366 e. The van der Waals surface area contributed by atoms with E-state index in [1.54, 1.807) is 28.0 Å². The number of carbonyl (C=O) groups excluding carboxylic acids is 2. The Morgan fingerprint density at radius 1 is 0.853 bits per heavy atom. The number of hydrogen-bond acceptors (Lipinski definition) is 5. The van der Waals surface area contributed by atoms with Gasteiger partial charge in [0.15, 0.2) is 0 Å². The predicted molar refractivity (Wildman–Crippen MR) is 126 cm³/mol. The Morgan fingerprint density at radius 2 is 1.56 bits per heavy atom. The molecule has 2 amide bonds. The van der Waals surface area contributed by atoms with Crippen LogP contribution in [0.25, 0.3) is 0 Å². The Bertz CT molecular complexity index is 1300. The summed E-state index contributed by atoms with van der Waals surface area (Å²) in [6.45, 7) is 2.08. The molecule has 2 aromatic carbocycles. The molecule has 3 aromatic rings. The summed E-state index contributed by atoms with van der Waals surface area (Å²) < 4.78 is 15.1. The summed E-state index contributed by atoms with van der Waals surface area (Å²) in [7, 11) is 0. The van der Waals surface area contributed by atoms with Gasteiger partial charge in [0.25, 0.3) is 11.5 Å². The summed E-state index contributed by atoms with van der Waals surface area (Å²) in [6.07, 6.45) is 0.763. The third-order valence-electron chi connectivity index (χ3n) is 6.33. The van der Waals surface area contributed by atoms with Crippen LogP contribution in [-0.2, 0) is 17.8 Å². The van der Waals surface area contributed by atoms with Crippen molar-refractivity contribution in [2.24, 2.45) is 0 Å². The number of hydrogen-bond donors (Lipinski definition) is 0. The van der Waals surface area contributed by atoms with Gasteiger partial charge < -0.3 is 14.7 Å². The summed E-state index contributed by atoms with van der Waals surface area (Å²) in [4.78, 5) is 43.5. The molecule has 0 aliphatic carbocycles. The Kier molecular flexibility index (Phi) is 5.83. The number of para-hydroxylation sites is 2. The van der Waals surface area contributed by atoms with Crippen LogP contribution in [-0.4, -0.2) is 59.2 Å². The van der Waals surface area contributed by atoms with Crippen LogP contribution >= 0.6 is 0 Å². The van der Waals surface area contributed by atoms with Gasteiger partial charge in [-0.2, -0.15) is 5.10 Å². The van der Waals surface area contributed by atoms with E-state index in [4.69, 9.17) is 0 Å². The minimum Gasteiger partial charge on any atom is -0.366 e. The van der Waals surface area contributed by atoms with Crippen LogP contribution in [0.3, 0.4) is 0 Å². The first kappa shape index (κ1) is 21.8. The second-order valence-corrected chi connectivity index (χ2v) is 8.37. The first-order valence-electron chi connectivity index (χ1n) is 11.3. The molecule has 8 nitrogen and oxygen atoms in total. The van der Waals surface area contributed by atoms with Crippen molar-refractivity contribution in [2.75, 3.05) is 42.5 Å². The van der Waals surface area contributed by atoms with Crippen LogP contribution < -0.4 is 15.4 Å². The standard InChI is InChI=1S/C25H24FN5O3/c26-19-6-2-4-8-22(19)28-13-15-29(16-14-28)24(33)17-31-23(32)10-9-20(27-31)25(34)30-12-11-18-5-1-3-7-21(18)30/h1-10H,11-17H2. The van der Waals surface area contributed by atoms with Crippen LogP contribution in [0.4, 0.5) is 15.8 Å². The van der Waals surface area contributed by atoms with Crippen molar-refractivity contribution in [1.82, 2.24) is 14.7 Å². The van der Waals surface area contributed by atoms with Gasteiger partial charge in [-0.3, -0.25) is 14.4 Å². The third-order valence-corrected chi connectivity index (χ3v) is 6.33. The number of fused-ring (bicyclic) bond motifs is 1. The fourth-order valence-electron chi connectivity index (χ4n) is 4.50. The monoisotopic (exact) mass is 461 g/mol. The van der Waals surface area contributed by atoms with Gasteiger partial charge in [-0.25, -0.2) is 9.07 Å². The second kappa shape index (κ2) is 9.09. The molecule has 0 bridgehead atoms. The molecule has 1 saturated heterocycles. The Morgan fingerprint density at radius 3 is 2.32 bits per heavy atom. The van der Waals surface area contributed by atoms with E-state index in [-0.39, 0.29) is 29.9 Å². The number of amides is 2. The molecule has 1 aromatic heterocycles. The molecule has 34 heavy (non-hydrogen) atoms. The lowest BCUT2D eigenvalue weighted by atomic mass is 10.2. The van der Waals surface area contributed by atoms with Crippen molar-refractivity contribution >= 4 is 23.2 Å². The quantitative estimate of drug-likeness (QED) is 0.594.